The Kier molecular flexibility index (Phi) is 17.1. The van der Waals surface area contributed by atoms with Gasteiger partial charge in [-0.05, 0) is 61.1 Å². The summed E-state index contributed by atoms with van der Waals surface area (Å²) < 4.78 is 0. The van der Waals surface area contributed by atoms with Gasteiger partial charge in [0.1, 0.15) is 13.1 Å². The van der Waals surface area contributed by atoms with Gasteiger partial charge < -0.3 is 30.2 Å². The largest absolute Gasteiger partial charge is 0.338 e. The Hall–Kier alpha value is -4.86. The molecule has 10 nitrogen and oxygen atoms in total. The normalized spacial score (nSPS) is 16.9. The van der Waals surface area contributed by atoms with E-state index in [4.69, 9.17) is 10.8 Å². The average molecular weight is 763 g/mol. The van der Waals surface area contributed by atoms with Crippen LogP contribution >= 0.6 is 0 Å². The summed E-state index contributed by atoms with van der Waals surface area (Å²) in [5.41, 5.74) is 3.76. The zero-order chi connectivity index (χ0) is 39.5. The van der Waals surface area contributed by atoms with Crippen molar-refractivity contribution in [2.24, 2.45) is 0 Å². The molecule has 2 atom stereocenters. The first kappa shape index (κ1) is 42.3. The molecule has 56 heavy (non-hydrogen) atoms. The molecule has 0 bridgehead atoms. The van der Waals surface area contributed by atoms with Crippen LogP contribution in [-0.4, -0.2) is 94.7 Å². The van der Waals surface area contributed by atoms with Crippen molar-refractivity contribution in [2.75, 3.05) is 49.9 Å². The van der Waals surface area contributed by atoms with Crippen molar-refractivity contribution in [2.45, 2.75) is 116 Å². The van der Waals surface area contributed by atoms with Crippen LogP contribution in [0.2, 0.25) is 0 Å². The van der Waals surface area contributed by atoms with Gasteiger partial charge in [-0.2, -0.15) is 0 Å². The molecular weight excluding hydrogens is 697 g/mol. The molecule has 0 spiro atoms. The molecule has 2 aliphatic heterocycles. The highest BCUT2D eigenvalue weighted by molar-refractivity contribution is 5.97. The van der Waals surface area contributed by atoms with Gasteiger partial charge in [0.05, 0.1) is 12.1 Å². The first-order valence-corrected chi connectivity index (χ1v) is 21.3. The fourth-order valence-electron chi connectivity index (χ4n) is 8.08. The molecule has 0 unspecified atom stereocenters. The van der Waals surface area contributed by atoms with E-state index < -0.39 is 0 Å². The molecule has 0 radical (unpaired) electrons. The number of benzene rings is 3. The highest BCUT2D eigenvalue weighted by Gasteiger charge is 2.36. The van der Waals surface area contributed by atoms with E-state index in [2.05, 4.69) is 82.8 Å². The van der Waals surface area contributed by atoms with E-state index in [1.165, 1.54) is 62.5 Å². The Labute approximate surface area is 336 Å². The predicted octanol–water partition coefficient (Wildman–Crippen LogP) is 8.61. The van der Waals surface area contributed by atoms with Crippen molar-refractivity contribution in [3.8, 4) is 0 Å². The number of nitrogens with zero attached hydrogens (tertiary/aromatic N) is 4. The van der Waals surface area contributed by atoms with Crippen LogP contribution in [0.5, 0.6) is 0 Å². The van der Waals surface area contributed by atoms with Crippen LogP contribution in [0, 0.1) is 10.8 Å². The van der Waals surface area contributed by atoms with Gasteiger partial charge in [0.15, 0.2) is 11.9 Å². The van der Waals surface area contributed by atoms with Gasteiger partial charge in [-0.3, -0.25) is 20.4 Å². The molecule has 2 heterocycles. The van der Waals surface area contributed by atoms with E-state index in [0.717, 1.165) is 51.6 Å². The van der Waals surface area contributed by atoms with Crippen molar-refractivity contribution in [1.29, 1.82) is 10.8 Å². The fourth-order valence-corrected chi connectivity index (χ4v) is 8.08. The monoisotopic (exact) mass is 763 g/mol. The van der Waals surface area contributed by atoms with E-state index in [-0.39, 0.29) is 37.0 Å². The number of rotatable bonds is 24. The van der Waals surface area contributed by atoms with Crippen LogP contribution in [0.3, 0.4) is 0 Å². The number of guanidine groups is 2. The Morgan fingerprint density at radius 1 is 0.536 bits per heavy atom. The van der Waals surface area contributed by atoms with Gasteiger partial charge in [-0.1, -0.05) is 139 Å². The standard InChI is InChI=1S/C46H66N8O2/c1-3-5-7-9-11-19-29-53-41(31-37-21-15-13-16-22-37)33-51(45(53)47)35-43(55)49-39-25-27-40(28-26-39)50-44(56)36-52-34-42(32-38-23-17-14-18-24-38)54(46(52)48)30-20-12-10-8-6-4-2/h13-18,21-28,41-42,47-48H,3-12,19-20,29-36H2,1-2H3,(H,49,55)(H,50,56)/t41-,42-/m0/s1. The van der Waals surface area contributed by atoms with Crippen LogP contribution < -0.4 is 10.6 Å². The number of carbonyl (C=O) groups is 2. The maximum atomic E-state index is 13.3. The summed E-state index contributed by atoms with van der Waals surface area (Å²) in [5.74, 6) is 0.510. The van der Waals surface area contributed by atoms with Crippen LogP contribution in [-0.2, 0) is 22.4 Å². The van der Waals surface area contributed by atoms with Gasteiger partial charge in [0.2, 0.25) is 11.8 Å². The summed E-state index contributed by atoms with van der Waals surface area (Å²) in [4.78, 5) is 34.7. The molecule has 2 fully saturated rings. The zero-order valence-electron chi connectivity index (χ0n) is 34.0. The summed E-state index contributed by atoms with van der Waals surface area (Å²) in [6.07, 6.45) is 16.1. The Morgan fingerprint density at radius 2 is 0.893 bits per heavy atom. The maximum Gasteiger partial charge on any atom is 0.244 e. The first-order valence-electron chi connectivity index (χ1n) is 21.3. The molecule has 3 aromatic rings. The maximum absolute atomic E-state index is 13.3. The molecule has 2 saturated heterocycles. The zero-order valence-corrected chi connectivity index (χ0v) is 34.0. The minimum Gasteiger partial charge on any atom is -0.338 e. The van der Waals surface area contributed by atoms with Crippen molar-refractivity contribution >= 4 is 35.1 Å². The second-order valence-corrected chi connectivity index (χ2v) is 15.7. The molecular formula is C46H66N8O2. The molecule has 0 aliphatic carbocycles. The first-order chi connectivity index (χ1) is 27.3. The van der Waals surface area contributed by atoms with E-state index >= 15 is 0 Å². The highest BCUT2D eigenvalue weighted by Crippen LogP contribution is 2.23. The molecule has 3 aromatic carbocycles. The third kappa shape index (κ3) is 13.1. The fraction of sp³-hybridized carbons (Fsp3) is 0.522. The predicted molar refractivity (Wildman–Crippen MR) is 230 cm³/mol. The minimum atomic E-state index is -0.172. The molecule has 4 N–H and O–H groups in total. The van der Waals surface area contributed by atoms with E-state index in [1.54, 1.807) is 24.3 Å². The summed E-state index contributed by atoms with van der Waals surface area (Å²) in [7, 11) is 0. The van der Waals surface area contributed by atoms with Crippen molar-refractivity contribution in [1.82, 2.24) is 19.6 Å². The lowest BCUT2D eigenvalue weighted by Gasteiger charge is -2.25. The molecule has 2 amide bonds. The number of anilines is 2. The quantitative estimate of drug-likeness (QED) is 0.0679. The second kappa shape index (κ2) is 22.6. The van der Waals surface area contributed by atoms with Gasteiger partial charge in [0, 0.05) is 37.6 Å². The summed E-state index contributed by atoms with van der Waals surface area (Å²) in [5, 5.41) is 24.0. The molecule has 5 rings (SSSR count). The number of hydrogen-bond donors (Lipinski definition) is 4. The Bertz CT molecular complexity index is 1530. The highest BCUT2D eigenvalue weighted by atomic mass is 16.2. The molecule has 2 aliphatic rings. The lowest BCUT2D eigenvalue weighted by molar-refractivity contribution is -0.117. The van der Waals surface area contributed by atoms with Gasteiger partial charge in [-0.15, -0.1) is 0 Å². The van der Waals surface area contributed by atoms with Gasteiger partial charge in [0.25, 0.3) is 0 Å². The Balaban J connectivity index is 1.10. The van der Waals surface area contributed by atoms with Crippen molar-refractivity contribution < 1.29 is 9.59 Å². The minimum absolute atomic E-state index is 0.110. The molecule has 0 aromatic heterocycles. The van der Waals surface area contributed by atoms with Crippen molar-refractivity contribution in [3.63, 3.8) is 0 Å². The SMILES string of the molecule is CCCCCCCCN1C(=N)N(CC(=O)Nc2ccc(NC(=O)CN3C[C@H](Cc4ccccc4)N(CCCCCCCC)C3=N)cc2)C[C@@H]1Cc1ccccc1. The Morgan fingerprint density at radius 3 is 1.27 bits per heavy atom. The van der Waals surface area contributed by atoms with Crippen LogP contribution in [0.25, 0.3) is 0 Å². The van der Waals surface area contributed by atoms with Crippen molar-refractivity contribution in [3.05, 3.63) is 96.1 Å². The molecule has 10 heteroatoms. The summed E-state index contributed by atoms with van der Waals surface area (Å²) >= 11 is 0. The number of nitrogens with one attached hydrogen (secondary N) is 4. The third-order valence-electron chi connectivity index (χ3n) is 11.1. The number of amides is 2. The lowest BCUT2D eigenvalue weighted by atomic mass is 10.0. The summed E-state index contributed by atoms with van der Waals surface area (Å²) in [6.45, 7) is 7.63. The smallest absolute Gasteiger partial charge is 0.244 e. The van der Waals surface area contributed by atoms with E-state index in [1.807, 2.05) is 21.9 Å². The summed E-state index contributed by atoms with van der Waals surface area (Å²) in [6, 6.07) is 28.3. The van der Waals surface area contributed by atoms with Crippen LogP contribution in [0.15, 0.2) is 84.9 Å². The molecule has 0 saturated carbocycles. The van der Waals surface area contributed by atoms with E-state index in [0.29, 0.717) is 36.4 Å². The lowest BCUT2D eigenvalue weighted by Crippen LogP contribution is -2.39. The van der Waals surface area contributed by atoms with Gasteiger partial charge >= 0.3 is 0 Å². The van der Waals surface area contributed by atoms with E-state index in [9.17, 15) is 9.59 Å². The van der Waals surface area contributed by atoms with Crippen LogP contribution in [0.1, 0.15) is 102 Å². The van der Waals surface area contributed by atoms with Crippen LogP contribution in [0.4, 0.5) is 11.4 Å². The average Bonchev–Trinajstić information content (AvgIpc) is 3.64. The van der Waals surface area contributed by atoms with Gasteiger partial charge in [-0.25, -0.2) is 0 Å². The number of carbonyl (C=O) groups excluding carboxylic acids is 2. The number of unbranched alkanes of at least 4 members (excludes halogenated alkanes) is 10. The topological polar surface area (TPSA) is 119 Å². The second-order valence-electron chi connectivity index (χ2n) is 15.7. The third-order valence-corrected chi connectivity index (χ3v) is 11.1. The molecule has 302 valence electrons. The number of hydrogen-bond acceptors (Lipinski definition) is 4.